The van der Waals surface area contributed by atoms with Crippen molar-refractivity contribution in [3.63, 3.8) is 0 Å². The molecule has 0 N–H and O–H groups in total. The summed E-state index contributed by atoms with van der Waals surface area (Å²) in [6, 6.07) is 0. The van der Waals surface area contributed by atoms with Crippen molar-refractivity contribution < 1.29 is 4.79 Å². The molecule has 0 aromatic carbocycles. The lowest BCUT2D eigenvalue weighted by Gasteiger charge is -1.94. The summed E-state index contributed by atoms with van der Waals surface area (Å²) in [5, 5.41) is 3.37. The minimum Gasteiger partial charge on any atom is -0.273 e. The standard InChI is InChI=1S/C7H12N4O/c1-9-7(12)5-3-2-4-6-10-11-8/h1-6H2. The first-order chi connectivity index (χ1) is 5.81. The fraction of sp³-hybridized carbons (Fsp3) is 0.714. The van der Waals surface area contributed by atoms with Crippen molar-refractivity contribution >= 4 is 12.6 Å². The molecule has 0 aromatic heterocycles. The van der Waals surface area contributed by atoms with Crippen LogP contribution in [0.25, 0.3) is 10.4 Å². The van der Waals surface area contributed by atoms with E-state index in [-0.39, 0.29) is 5.91 Å². The second kappa shape index (κ2) is 7.75. The van der Waals surface area contributed by atoms with E-state index in [1.165, 1.54) is 0 Å². The summed E-state index contributed by atoms with van der Waals surface area (Å²) in [6.07, 6.45) is 2.95. The van der Waals surface area contributed by atoms with E-state index < -0.39 is 0 Å². The van der Waals surface area contributed by atoms with Gasteiger partial charge in [0.1, 0.15) is 0 Å². The van der Waals surface area contributed by atoms with E-state index in [1.807, 2.05) is 0 Å². The first-order valence-electron chi connectivity index (χ1n) is 3.81. The van der Waals surface area contributed by atoms with Gasteiger partial charge in [-0.15, -0.1) is 0 Å². The highest BCUT2D eigenvalue weighted by Gasteiger charge is 1.95. The van der Waals surface area contributed by atoms with Crippen molar-refractivity contribution in [2.45, 2.75) is 25.7 Å². The van der Waals surface area contributed by atoms with Crippen molar-refractivity contribution in [1.29, 1.82) is 0 Å². The van der Waals surface area contributed by atoms with Crippen molar-refractivity contribution in [2.75, 3.05) is 6.54 Å². The van der Waals surface area contributed by atoms with E-state index in [9.17, 15) is 4.79 Å². The second-order valence-electron chi connectivity index (χ2n) is 2.32. The van der Waals surface area contributed by atoms with E-state index >= 15 is 0 Å². The lowest BCUT2D eigenvalue weighted by atomic mass is 10.2. The number of aliphatic imine (C=N–C) groups is 1. The number of rotatable bonds is 6. The quantitative estimate of drug-likeness (QED) is 0.196. The van der Waals surface area contributed by atoms with Gasteiger partial charge in [-0.3, -0.25) is 4.79 Å². The lowest BCUT2D eigenvalue weighted by Crippen LogP contribution is -1.91. The monoisotopic (exact) mass is 168 g/mol. The van der Waals surface area contributed by atoms with Crippen LogP contribution >= 0.6 is 0 Å². The third-order valence-corrected chi connectivity index (χ3v) is 1.39. The second-order valence-corrected chi connectivity index (χ2v) is 2.32. The average molecular weight is 168 g/mol. The van der Waals surface area contributed by atoms with Crippen LogP contribution in [-0.4, -0.2) is 19.2 Å². The highest BCUT2D eigenvalue weighted by atomic mass is 16.1. The molecular formula is C7H12N4O. The summed E-state index contributed by atoms with van der Waals surface area (Å²) >= 11 is 0. The number of unbranched alkanes of at least 4 members (excludes halogenated alkanes) is 2. The zero-order valence-corrected chi connectivity index (χ0v) is 6.94. The van der Waals surface area contributed by atoms with Gasteiger partial charge in [-0.2, -0.15) is 0 Å². The summed E-state index contributed by atoms with van der Waals surface area (Å²) in [5.41, 5.74) is 7.93. The zero-order chi connectivity index (χ0) is 9.23. The molecule has 0 rings (SSSR count). The maximum absolute atomic E-state index is 10.6. The molecule has 5 nitrogen and oxygen atoms in total. The van der Waals surface area contributed by atoms with Crippen molar-refractivity contribution in [2.24, 2.45) is 10.1 Å². The Morgan fingerprint density at radius 2 is 2.17 bits per heavy atom. The van der Waals surface area contributed by atoms with E-state index in [0.29, 0.717) is 13.0 Å². The first kappa shape index (κ1) is 10.7. The molecule has 0 unspecified atom stereocenters. The van der Waals surface area contributed by atoms with E-state index in [4.69, 9.17) is 5.53 Å². The highest BCUT2D eigenvalue weighted by molar-refractivity contribution is 5.80. The van der Waals surface area contributed by atoms with Crippen LogP contribution in [0.5, 0.6) is 0 Å². The van der Waals surface area contributed by atoms with Gasteiger partial charge in [0.05, 0.1) is 0 Å². The van der Waals surface area contributed by atoms with Crippen LogP contribution in [0.2, 0.25) is 0 Å². The van der Waals surface area contributed by atoms with Gasteiger partial charge < -0.3 is 0 Å². The largest absolute Gasteiger partial charge is 0.273 e. The van der Waals surface area contributed by atoms with Crippen LogP contribution in [0.4, 0.5) is 0 Å². The molecule has 12 heavy (non-hydrogen) atoms. The number of nitrogens with zero attached hydrogens (tertiary/aromatic N) is 4. The number of carbonyl (C=O) groups is 1. The Balaban J connectivity index is 3.15. The number of carbonyl (C=O) groups excluding carboxylic acids is 1. The molecule has 0 atom stereocenters. The molecule has 1 amide bonds. The Morgan fingerprint density at radius 3 is 2.75 bits per heavy atom. The first-order valence-corrected chi connectivity index (χ1v) is 3.81. The maximum atomic E-state index is 10.6. The Morgan fingerprint density at radius 1 is 1.42 bits per heavy atom. The number of amides is 1. The van der Waals surface area contributed by atoms with Gasteiger partial charge in [-0.25, -0.2) is 4.99 Å². The zero-order valence-electron chi connectivity index (χ0n) is 6.94. The van der Waals surface area contributed by atoms with Crippen LogP contribution in [0.15, 0.2) is 10.1 Å². The average Bonchev–Trinajstić information content (AvgIpc) is 2.10. The molecule has 0 heterocycles. The van der Waals surface area contributed by atoms with Crippen molar-refractivity contribution in [3.8, 4) is 0 Å². The summed E-state index contributed by atoms with van der Waals surface area (Å²) in [6.45, 7) is 3.63. The van der Waals surface area contributed by atoms with Crippen molar-refractivity contribution in [1.82, 2.24) is 0 Å². The SMILES string of the molecule is C=NC(=O)CCCCCN=[N+]=[N-]. The fourth-order valence-electron chi connectivity index (χ4n) is 0.759. The molecule has 0 fully saturated rings. The highest BCUT2D eigenvalue weighted by Crippen LogP contribution is 2.00. The van der Waals surface area contributed by atoms with Gasteiger partial charge in [0.2, 0.25) is 5.91 Å². The number of hydrogen-bond donors (Lipinski definition) is 0. The van der Waals surface area contributed by atoms with Gasteiger partial charge in [-0.1, -0.05) is 11.5 Å². The minimum absolute atomic E-state index is 0.168. The summed E-state index contributed by atoms with van der Waals surface area (Å²) in [4.78, 5) is 16.5. The molecule has 0 radical (unpaired) electrons. The molecule has 0 aliphatic carbocycles. The minimum atomic E-state index is -0.168. The van der Waals surface area contributed by atoms with Crippen LogP contribution in [0.3, 0.4) is 0 Å². The van der Waals surface area contributed by atoms with Crippen LogP contribution < -0.4 is 0 Å². The van der Waals surface area contributed by atoms with E-state index in [2.05, 4.69) is 21.7 Å². The number of azide groups is 1. The fourth-order valence-corrected chi connectivity index (χ4v) is 0.759. The maximum Gasteiger partial charge on any atom is 0.245 e. The summed E-state index contributed by atoms with van der Waals surface area (Å²) in [5.74, 6) is -0.168. The van der Waals surface area contributed by atoms with Gasteiger partial charge in [0.25, 0.3) is 0 Å². The third kappa shape index (κ3) is 6.77. The van der Waals surface area contributed by atoms with Gasteiger partial charge in [0, 0.05) is 17.9 Å². The van der Waals surface area contributed by atoms with E-state index in [0.717, 1.165) is 19.3 Å². The molecule has 0 aromatic rings. The van der Waals surface area contributed by atoms with Gasteiger partial charge in [-0.05, 0) is 25.1 Å². The molecule has 0 saturated heterocycles. The van der Waals surface area contributed by atoms with Gasteiger partial charge >= 0.3 is 0 Å². The van der Waals surface area contributed by atoms with Crippen LogP contribution in [0.1, 0.15) is 25.7 Å². The summed E-state index contributed by atoms with van der Waals surface area (Å²) in [7, 11) is 0. The lowest BCUT2D eigenvalue weighted by molar-refractivity contribution is -0.117. The molecule has 0 aliphatic rings. The Labute approximate surface area is 71.1 Å². The third-order valence-electron chi connectivity index (χ3n) is 1.39. The molecular weight excluding hydrogens is 156 g/mol. The Bertz CT molecular complexity index is 196. The van der Waals surface area contributed by atoms with Crippen molar-refractivity contribution in [3.05, 3.63) is 10.4 Å². The van der Waals surface area contributed by atoms with E-state index in [1.54, 1.807) is 0 Å². The smallest absolute Gasteiger partial charge is 0.245 e. The van der Waals surface area contributed by atoms with Crippen LogP contribution in [0, 0.1) is 0 Å². The predicted molar refractivity (Wildman–Crippen MR) is 47.0 cm³/mol. The van der Waals surface area contributed by atoms with Crippen LogP contribution in [-0.2, 0) is 4.79 Å². The Hall–Kier alpha value is -1.35. The molecule has 66 valence electrons. The van der Waals surface area contributed by atoms with Gasteiger partial charge in [0.15, 0.2) is 0 Å². The normalized spacial score (nSPS) is 8.67. The Kier molecular flexibility index (Phi) is 6.88. The molecule has 5 heteroatoms. The molecule has 0 aliphatic heterocycles. The predicted octanol–water partition coefficient (Wildman–Crippen LogP) is 2.08. The molecule has 0 saturated carbocycles. The molecule has 0 bridgehead atoms. The topological polar surface area (TPSA) is 78.2 Å². The summed E-state index contributed by atoms with van der Waals surface area (Å²) < 4.78 is 0. The number of hydrogen-bond acceptors (Lipinski definition) is 2. The molecule has 0 spiro atoms.